The topological polar surface area (TPSA) is 145 Å². The number of carbonyl (C=O) groups is 3. The normalized spacial score (nSPS) is 11.0. The van der Waals surface area contributed by atoms with Gasteiger partial charge in [-0.2, -0.15) is 0 Å². The molecule has 3 amide bonds. The van der Waals surface area contributed by atoms with Crippen molar-refractivity contribution in [1.29, 1.82) is 0 Å². The monoisotopic (exact) mass is 524 g/mol. The molecule has 10 nitrogen and oxygen atoms in total. The smallest absolute Gasteiger partial charge is 0.251 e. The van der Waals surface area contributed by atoms with Crippen molar-refractivity contribution < 1.29 is 19.1 Å². The number of ether oxygens (including phenoxy) is 1. The lowest BCUT2D eigenvalue weighted by molar-refractivity contribution is -0.118. The maximum atomic E-state index is 12.8. The molecule has 0 fully saturated rings. The molecule has 0 saturated heterocycles. The van der Waals surface area contributed by atoms with E-state index < -0.39 is 5.60 Å². The molecule has 0 saturated carbocycles. The van der Waals surface area contributed by atoms with Crippen molar-refractivity contribution in [2.75, 3.05) is 31.6 Å². The van der Waals surface area contributed by atoms with Crippen LogP contribution in [0.5, 0.6) is 0 Å². The highest BCUT2D eigenvalue weighted by Gasteiger charge is 2.20. The first-order chi connectivity index (χ1) is 15.6. The molecule has 0 unspecified atom stereocenters. The van der Waals surface area contributed by atoms with Gasteiger partial charge >= 0.3 is 0 Å². The fraction of sp³-hybridized carbons (Fsp3) is 0.591. The quantitative estimate of drug-likeness (QED) is 0.112. The van der Waals surface area contributed by atoms with Crippen LogP contribution in [0.3, 0.4) is 0 Å². The molecule has 1 aromatic carbocycles. The number of nitrogens with one attached hydrogen (secondary N) is 3. The second-order valence-corrected chi connectivity index (χ2v) is 9.07. The molecule has 0 atom stereocenters. The maximum Gasteiger partial charge on any atom is 0.251 e. The molecular formula is C22H33BrN6O4. The van der Waals surface area contributed by atoms with Crippen LogP contribution in [0.25, 0.3) is 10.4 Å². The Kier molecular flexibility index (Phi) is 12.5. The SMILES string of the molecule is CC(C)CCNC(=O)c1cc(CNC(=O)CBr)cc(C(=O)NCC(C)(C)OCCN=[N+]=[N-])c1. The maximum absolute atomic E-state index is 12.8. The van der Waals surface area contributed by atoms with E-state index in [1.807, 2.05) is 13.8 Å². The van der Waals surface area contributed by atoms with E-state index in [1.165, 1.54) is 6.07 Å². The average molecular weight is 525 g/mol. The summed E-state index contributed by atoms with van der Waals surface area (Å²) in [6.07, 6.45) is 0.842. The van der Waals surface area contributed by atoms with Crippen LogP contribution in [0, 0.1) is 5.92 Å². The van der Waals surface area contributed by atoms with Crippen LogP contribution >= 0.6 is 15.9 Å². The largest absolute Gasteiger partial charge is 0.374 e. The van der Waals surface area contributed by atoms with Gasteiger partial charge in [-0.05, 0) is 55.5 Å². The van der Waals surface area contributed by atoms with E-state index in [1.54, 1.807) is 12.1 Å². The second-order valence-electron chi connectivity index (χ2n) is 8.51. The number of benzene rings is 1. The third-order valence-corrected chi connectivity index (χ3v) is 5.07. The van der Waals surface area contributed by atoms with Crippen molar-refractivity contribution in [3.8, 4) is 0 Å². The average Bonchev–Trinajstić information content (AvgIpc) is 2.78. The molecule has 182 valence electrons. The number of amides is 3. The summed E-state index contributed by atoms with van der Waals surface area (Å²) in [5, 5.41) is 12.0. The number of halogens is 1. The van der Waals surface area contributed by atoms with Crippen molar-refractivity contribution >= 4 is 33.7 Å². The summed E-state index contributed by atoms with van der Waals surface area (Å²) in [7, 11) is 0. The van der Waals surface area contributed by atoms with Crippen LogP contribution < -0.4 is 16.0 Å². The lowest BCUT2D eigenvalue weighted by Crippen LogP contribution is -2.41. The van der Waals surface area contributed by atoms with Crippen LogP contribution in [0.4, 0.5) is 0 Å². The number of azide groups is 1. The van der Waals surface area contributed by atoms with Crippen molar-refractivity contribution in [1.82, 2.24) is 16.0 Å². The Morgan fingerprint density at radius 3 is 2.33 bits per heavy atom. The Bertz CT molecular complexity index is 868. The van der Waals surface area contributed by atoms with Crippen LogP contribution in [-0.4, -0.2) is 54.9 Å². The van der Waals surface area contributed by atoms with Gasteiger partial charge in [-0.3, -0.25) is 14.4 Å². The molecular weight excluding hydrogens is 492 g/mol. The minimum atomic E-state index is -0.681. The van der Waals surface area contributed by atoms with Gasteiger partial charge in [-0.15, -0.1) is 0 Å². The van der Waals surface area contributed by atoms with Gasteiger partial charge < -0.3 is 20.7 Å². The molecule has 0 aliphatic rings. The first kappa shape index (κ1) is 28.4. The zero-order valence-electron chi connectivity index (χ0n) is 19.6. The van der Waals surface area contributed by atoms with E-state index >= 15 is 0 Å². The first-order valence-corrected chi connectivity index (χ1v) is 11.9. The van der Waals surface area contributed by atoms with Gasteiger partial charge in [0.15, 0.2) is 0 Å². The van der Waals surface area contributed by atoms with Crippen molar-refractivity contribution in [3.63, 3.8) is 0 Å². The number of hydrogen-bond donors (Lipinski definition) is 3. The van der Waals surface area contributed by atoms with E-state index in [9.17, 15) is 14.4 Å². The Morgan fingerprint density at radius 1 is 1.12 bits per heavy atom. The Labute approximate surface area is 203 Å². The van der Waals surface area contributed by atoms with Crippen LogP contribution in [0.1, 0.15) is 60.4 Å². The highest BCUT2D eigenvalue weighted by molar-refractivity contribution is 9.09. The van der Waals surface area contributed by atoms with Crippen LogP contribution in [-0.2, 0) is 16.1 Å². The molecule has 0 spiro atoms. The summed E-state index contributed by atoms with van der Waals surface area (Å²) >= 11 is 3.09. The van der Waals surface area contributed by atoms with Gasteiger partial charge in [-0.1, -0.05) is 34.9 Å². The van der Waals surface area contributed by atoms with Gasteiger partial charge in [0, 0.05) is 42.2 Å². The fourth-order valence-electron chi connectivity index (χ4n) is 2.73. The Morgan fingerprint density at radius 2 is 1.76 bits per heavy atom. The standard InChI is InChI=1S/C22H33BrN6O4/c1-15(2)5-6-25-20(31)17-9-16(13-26-19(30)12-23)10-18(11-17)21(32)27-14-22(3,4)33-8-7-28-29-24/h9-11,15H,5-8,12-14H2,1-4H3,(H,25,31)(H,26,30)(H,27,32). The van der Waals surface area contributed by atoms with Gasteiger partial charge in [0.05, 0.1) is 17.5 Å². The summed E-state index contributed by atoms with van der Waals surface area (Å²) in [5.74, 6) is -0.395. The minimum absolute atomic E-state index is 0.157. The van der Waals surface area contributed by atoms with Crippen molar-refractivity contribution in [3.05, 3.63) is 45.3 Å². The summed E-state index contributed by atoms with van der Waals surface area (Å²) in [6.45, 7) is 9.12. The molecule has 0 aliphatic carbocycles. The van der Waals surface area contributed by atoms with E-state index in [0.717, 1.165) is 6.42 Å². The molecule has 3 N–H and O–H groups in total. The molecule has 0 bridgehead atoms. The van der Waals surface area contributed by atoms with E-state index in [2.05, 4.69) is 55.8 Å². The predicted octanol–water partition coefficient (Wildman–Crippen LogP) is 3.31. The van der Waals surface area contributed by atoms with Gasteiger partial charge in [0.25, 0.3) is 11.8 Å². The van der Waals surface area contributed by atoms with E-state index in [-0.39, 0.29) is 49.3 Å². The lowest BCUT2D eigenvalue weighted by Gasteiger charge is -2.25. The first-order valence-electron chi connectivity index (χ1n) is 10.8. The van der Waals surface area contributed by atoms with Gasteiger partial charge in [0.2, 0.25) is 5.91 Å². The molecule has 1 aromatic rings. The fourth-order valence-corrected chi connectivity index (χ4v) is 2.93. The molecule has 1 rings (SSSR count). The molecule has 0 aliphatic heterocycles. The number of rotatable bonds is 14. The van der Waals surface area contributed by atoms with E-state index in [0.29, 0.717) is 29.2 Å². The molecule has 11 heteroatoms. The van der Waals surface area contributed by atoms with Crippen LogP contribution in [0.15, 0.2) is 23.3 Å². The minimum Gasteiger partial charge on any atom is -0.374 e. The summed E-state index contributed by atoms with van der Waals surface area (Å²) in [6, 6.07) is 4.84. The van der Waals surface area contributed by atoms with Crippen molar-refractivity contribution in [2.45, 2.75) is 46.3 Å². The third-order valence-electron chi connectivity index (χ3n) is 4.56. The number of hydrogen-bond acceptors (Lipinski definition) is 5. The summed E-state index contributed by atoms with van der Waals surface area (Å²) < 4.78 is 5.65. The zero-order chi connectivity index (χ0) is 24.9. The molecule has 0 radical (unpaired) electrons. The van der Waals surface area contributed by atoms with Gasteiger partial charge in [-0.25, -0.2) is 0 Å². The second kappa shape index (κ2) is 14.5. The molecule has 0 heterocycles. The van der Waals surface area contributed by atoms with Crippen LogP contribution in [0.2, 0.25) is 0 Å². The van der Waals surface area contributed by atoms with Gasteiger partial charge in [0.1, 0.15) is 0 Å². The Hall–Kier alpha value is -2.62. The number of carbonyl (C=O) groups excluding carboxylic acids is 3. The Balaban J connectivity index is 2.94. The summed E-state index contributed by atoms with van der Waals surface area (Å²) in [4.78, 5) is 39.8. The number of alkyl halides is 1. The zero-order valence-corrected chi connectivity index (χ0v) is 21.2. The number of nitrogens with zero attached hydrogens (tertiary/aromatic N) is 3. The highest BCUT2D eigenvalue weighted by atomic mass is 79.9. The lowest BCUT2D eigenvalue weighted by atomic mass is 10.0. The highest BCUT2D eigenvalue weighted by Crippen LogP contribution is 2.13. The van der Waals surface area contributed by atoms with E-state index in [4.69, 9.17) is 10.3 Å². The molecule has 0 aromatic heterocycles. The summed E-state index contributed by atoms with van der Waals surface area (Å²) in [5.41, 5.74) is 8.93. The van der Waals surface area contributed by atoms with Crippen molar-refractivity contribution in [2.24, 2.45) is 11.0 Å². The predicted molar refractivity (Wildman–Crippen MR) is 130 cm³/mol. The molecule has 33 heavy (non-hydrogen) atoms. The third kappa shape index (κ3) is 11.7.